The van der Waals surface area contributed by atoms with Crippen LogP contribution in [0, 0.1) is 11.8 Å². The van der Waals surface area contributed by atoms with Crippen molar-refractivity contribution in [3.8, 4) is 0 Å². The lowest BCUT2D eigenvalue weighted by Gasteiger charge is -2.25. The number of Topliss-reactive ketones (excluding diaryl/α,β-unsaturated/α-hetero) is 1. The molecule has 2 heteroatoms. The second-order valence-corrected chi connectivity index (χ2v) is 4.88. The van der Waals surface area contributed by atoms with Gasteiger partial charge in [0.1, 0.15) is 0 Å². The summed E-state index contributed by atoms with van der Waals surface area (Å²) in [4.78, 5) is 11.8. The molecule has 0 aromatic carbocycles. The van der Waals surface area contributed by atoms with Gasteiger partial charge in [-0.1, -0.05) is 46.3 Å². The van der Waals surface area contributed by atoms with Crippen molar-refractivity contribution in [2.24, 2.45) is 11.8 Å². The predicted octanol–water partition coefficient (Wildman–Crippen LogP) is 4.44. The molecule has 0 aromatic rings. The number of hydrogen-bond donors (Lipinski definition) is 1. The molecule has 0 saturated heterocycles. The second kappa shape index (κ2) is 9.93. The van der Waals surface area contributed by atoms with E-state index in [0.717, 1.165) is 5.92 Å². The fraction of sp³-hybridized carbons (Fsp3) is 0.688. The largest absolute Gasteiger partial charge is 0.360 e. The molecule has 0 unspecified atom stereocenters. The van der Waals surface area contributed by atoms with Crippen LogP contribution in [0.4, 0.5) is 0 Å². The molecule has 2 nitrogen and oxygen atoms in total. The topological polar surface area (TPSA) is 29.1 Å². The van der Waals surface area contributed by atoms with Gasteiger partial charge >= 0.3 is 0 Å². The molecule has 0 heterocycles. The molecule has 18 heavy (non-hydrogen) atoms. The highest BCUT2D eigenvalue weighted by Gasteiger charge is 2.21. The summed E-state index contributed by atoms with van der Waals surface area (Å²) in [7, 11) is 0. The third-order valence-corrected chi connectivity index (χ3v) is 3.37. The normalized spacial score (nSPS) is 23.1. The maximum Gasteiger partial charge on any atom is 0.178 e. The summed E-state index contributed by atoms with van der Waals surface area (Å²) in [6.07, 6.45) is 9.22. The van der Waals surface area contributed by atoms with Crippen LogP contribution in [0.15, 0.2) is 24.6 Å². The summed E-state index contributed by atoms with van der Waals surface area (Å²) >= 11 is 0. The Morgan fingerprint density at radius 3 is 2.33 bits per heavy atom. The average molecular weight is 251 g/mol. The Labute approximate surface area is 113 Å². The van der Waals surface area contributed by atoms with Crippen LogP contribution >= 0.6 is 0 Å². The van der Waals surface area contributed by atoms with Crippen molar-refractivity contribution < 1.29 is 4.79 Å². The first-order valence-corrected chi connectivity index (χ1v) is 7.23. The number of nitrogens with one attached hydrogen (secondary N) is 1. The standard InChI is InChI=1S/C14H23NO.C2H6/c1-4-9-15-12(3)14(16)10-13-7-5-11(2)6-8-13;1-2/h4,9,11,13,15H,3,5-8,10H2,1-2H3;1-2H3/b9-4-;. The monoisotopic (exact) mass is 251 g/mol. The van der Waals surface area contributed by atoms with E-state index in [1.807, 2.05) is 26.8 Å². The van der Waals surface area contributed by atoms with Crippen LogP contribution in [0.1, 0.15) is 59.8 Å². The summed E-state index contributed by atoms with van der Waals surface area (Å²) in [5.74, 6) is 1.58. The molecule has 0 spiro atoms. The third-order valence-electron chi connectivity index (χ3n) is 3.37. The Morgan fingerprint density at radius 2 is 1.83 bits per heavy atom. The van der Waals surface area contributed by atoms with Gasteiger partial charge in [-0.25, -0.2) is 0 Å². The van der Waals surface area contributed by atoms with Gasteiger partial charge in [0.15, 0.2) is 5.78 Å². The number of carbonyl (C=O) groups excluding carboxylic acids is 1. The molecule has 1 saturated carbocycles. The van der Waals surface area contributed by atoms with Crippen LogP contribution in [0.5, 0.6) is 0 Å². The first-order chi connectivity index (χ1) is 8.63. The van der Waals surface area contributed by atoms with E-state index in [1.165, 1.54) is 25.7 Å². The van der Waals surface area contributed by atoms with E-state index in [2.05, 4.69) is 18.8 Å². The van der Waals surface area contributed by atoms with Gasteiger partial charge in [-0.15, -0.1) is 0 Å². The Bertz CT molecular complexity index is 273. The zero-order valence-electron chi connectivity index (χ0n) is 12.5. The summed E-state index contributed by atoms with van der Waals surface area (Å²) in [6.45, 7) is 12.0. The maximum absolute atomic E-state index is 11.8. The fourth-order valence-corrected chi connectivity index (χ4v) is 2.18. The molecule has 0 aliphatic heterocycles. The van der Waals surface area contributed by atoms with Crippen LogP contribution < -0.4 is 5.32 Å². The van der Waals surface area contributed by atoms with Gasteiger partial charge in [0.05, 0.1) is 5.70 Å². The van der Waals surface area contributed by atoms with Crippen molar-refractivity contribution in [1.29, 1.82) is 0 Å². The van der Waals surface area contributed by atoms with E-state index in [4.69, 9.17) is 0 Å². The van der Waals surface area contributed by atoms with Crippen molar-refractivity contribution in [3.05, 3.63) is 24.6 Å². The van der Waals surface area contributed by atoms with Crippen molar-refractivity contribution >= 4 is 5.78 Å². The van der Waals surface area contributed by atoms with E-state index in [9.17, 15) is 4.79 Å². The summed E-state index contributed by atoms with van der Waals surface area (Å²) in [5, 5.41) is 2.91. The Kier molecular flexibility index (Phi) is 9.35. The first kappa shape index (κ1) is 16.9. The highest BCUT2D eigenvalue weighted by molar-refractivity contribution is 5.94. The Morgan fingerprint density at radius 1 is 1.28 bits per heavy atom. The molecule has 0 amide bonds. The molecule has 1 N–H and O–H groups in total. The minimum absolute atomic E-state index is 0.164. The summed E-state index contributed by atoms with van der Waals surface area (Å²) < 4.78 is 0. The smallest absolute Gasteiger partial charge is 0.178 e. The van der Waals surface area contributed by atoms with Gasteiger partial charge < -0.3 is 5.32 Å². The highest BCUT2D eigenvalue weighted by atomic mass is 16.1. The lowest BCUT2D eigenvalue weighted by atomic mass is 9.80. The molecule has 0 aromatic heterocycles. The van der Waals surface area contributed by atoms with E-state index >= 15 is 0 Å². The van der Waals surface area contributed by atoms with Crippen LogP contribution in [0.25, 0.3) is 0 Å². The highest BCUT2D eigenvalue weighted by Crippen LogP contribution is 2.30. The van der Waals surface area contributed by atoms with E-state index < -0.39 is 0 Å². The van der Waals surface area contributed by atoms with Gasteiger partial charge in [-0.05, 0) is 37.8 Å². The molecular formula is C16H29NO. The van der Waals surface area contributed by atoms with Gasteiger partial charge in [0, 0.05) is 6.42 Å². The second-order valence-electron chi connectivity index (χ2n) is 4.88. The molecule has 0 radical (unpaired) electrons. The molecule has 0 atom stereocenters. The lowest BCUT2D eigenvalue weighted by Crippen LogP contribution is -2.20. The zero-order valence-corrected chi connectivity index (χ0v) is 12.5. The van der Waals surface area contributed by atoms with Gasteiger partial charge in [-0.2, -0.15) is 0 Å². The minimum Gasteiger partial charge on any atom is -0.360 e. The first-order valence-electron chi connectivity index (χ1n) is 7.23. The van der Waals surface area contributed by atoms with Crippen LogP contribution in [0.2, 0.25) is 0 Å². The molecule has 104 valence electrons. The molecule has 1 aliphatic carbocycles. The molecule has 1 fully saturated rings. The van der Waals surface area contributed by atoms with Crippen LogP contribution in [-0.4, -0.2) is 5.78 Å². The van der Waals surface area contributed by atoms with Gasteiger partial charge in [-0.3, -0.25) is 4.79 Å². The maximum atomic E-state index is 11.8. The van der Waals surface area contributed by atoms with Crippen molar-refractivity contribution in [1.82, 2.24) is 5.32 Å². The summed E-state index contributed by atoms with van der Waals surface area (Å²) in [5.41, 5.74) is 0.525. The predicted molar refractivity (Wildman–Crippen MR) is 79.2 cm³/mol. The van der Waals surface area contributed by atoms with E-state index in [0.29, 0.717) is 18.0 Å². The van der Waals surface area contributed by atoms with Crippen LogP contribution in [0.3, 0.4) is 0 Å². The lowest BCUT2D eigenvalue weighted by molar-refractivity contribution is -0.117. The SMILES string of the molecule is C=C(N/C=C\C)C(=O)CC1CCC(C)CC1.CC. The molecule has 1 rings (SSSR count). The van der Waals surface area contributed by atoms with Crippen molar-refractivity contribution in [2.45, 2.75) is 59.8 Å². The number of rotatable bonds is 5. The number of ketones is 1. The van der Waals surface area contributed by atoms with Crippen molar-refractivity contribution in [3.63, 3.8) is 0 Å². The van der Waals surface area contributed by atoms with Gasteiger partial charge in [0.2, 0.25) is 0 Å². The number of carbonyl (C=O) groups is 1. The minimum atomic E-state index is 0.164. The molecule has 1 aliphatic rings. The fourth-order valence-electron chi connectivity index (χ4n) is 2.18. The van der Waals surface area contributed by atoms with Gasteiger partial charge in [0.25, 0.3) is 0 Å². The van der Waals surface area contributed by atoms with E-state index in [1.54, 1.807) is 6.20 Å². The number of hydrogen-bond acceptors (Lipinski definition) is 2. The van der Waals surface area contributed by atoms with Crippen molar-refractivity contribution in [2.75, 3.05) is 0 Å². The molecule has 0 bridgehead atoms. The average Bonchev–Trinajstić information content (AvgIpc) is 2.40. The Hall–Kier alpha value is -1.05. The van der Waals surface area contributed by atoms with Crippen LogP contribution in [-0.2, 0) is 4.79 Å². The quantitative estimate of drug-likeness (QED) is 0.732. The zero-order chi connectivity index (χ0) is 14.0. The number of allylic oxidation sites excluding steroid dienone is 2. The third kappa shape index (κ3) is 6.63. The molecular weight excluding hydrogens is 222 g/mol. The Balaban J connectivity index is 0.00000137. The summed E-state index contributed by atoms with van der Waals surface area (Å²) in [6, 6.07) is 0. The van der Waals surface area contributed by atoms with E-state index in [-0.39, 0.29) is 5.78 Å².